The maximum atomic E-state index is 10.1. The van der Waals surface area contributed by atoms with Gasteiger partial charge in [0, 0.05) is 12.2 Å². The van der Waals surface area contributed by atoms with E-state index in [0.29, 0.717) is 18.8 Å². The molecular weight excluding hydrogens is 380 g/mol. The largest absolute Gasteiger partial charge is 0.393 e. The first-order valence-corrected chi connectivity index (χ1v) is 12.2. The molecule has 2 saturated carbocycles. The van der Waals surface area contributed by atoms with Crippen molar-refractivity contribution in [3.8, 4) is 0 Å². The summed E-state index contributed by atoms with van der Waals surface area (Å²) in [4.78, 5) is 0. The Morgan fingerprint density at radius 3 is 2.79 bits per heavy atom. The Morgan fingerprint density at radius 2 is 2.07 bits per heavy atom. The van der Waals surface area contributed by atoms with Crippen molar-refractivity contribution >= 4 is 11.8 Å². The van der Waals surface area contributed by atoms with E-state index in [1.54, 1.807) is 5.57 Å². The Kier molecular flexibility index (Phi) is 7.20. The maximum Gasteiger partial charge on any atom is 0.0811 e. The van der Waals surface area contributed by atoms with Gasteiger partial charge in [-0.1, -0.05) is 42.9 Å². The Hall–Kier alpha value is -0.810. The van der Waals surface area contributed by atoms with E-state index in [2.05, 4.69) is 31.7 Å². The zero-order chi connectivity index (χ0) is 21.2. The SMILES string of the molecule is C=C1/C(=C\C=C2/CCC[C@]3(C)C(CSCCC(C)(C)O)=CC[C@@H]23)C[C@@H](O)C[C@@H]1O. The van der Waals surface area contributed by atoms with Crippen molar-refractivity contribution in [2.75, 3.05) is 11.5 Å². The minimum Gasteiger partial charge on any atom is -0.393 e. The quantitative estimate of drug-likeness (QED) is 0.422. The van der Waals surface area contributed by atoms with Crippen LogP contribution in [0.1, 0.15) is 65.7 Å². The molecule has 0 heterocycles. The molecule has 0 aromatic carbocycles. The van der Waals surface area contributed by atoms with Crippen LogP contribution in [0, 0.1) is 11.3 Å². The molecule has 0 spiro atoms. The van der Waals surface area contributed by atoms with Gasteiger partial charge in [-0.05, 0) is 80.6 Å². The molecule has 4 atom stereocenters. The Bertz CT molecular complexity index is 712. The van der Waals surface area contributed by atoms with E-state index < -0.39 is 17.8 Å². The van der Waals surface area contributed by atoms with Crippen molar-refractivity contribution < 1.29 is 15.3 Å². The first kappa shape index (κ1) is 22.9. The highest BCUT2D eigenvalue weighted by atomic mass is 32.2. The molecule has 3 aliphatic carbocycles. The van der Waals surface area contributed by atoms with Crippen LogP contribution < -0.4 is 0 Å². The third-order valence-electron chi connectivity index (χ3n) is 7.09. The van der Waals surface area contributed by atoms with Crippen LogP contribution in [0.3, 0.4) is 0 Å². The van der Waals surface area contributed by atoms with Crippen LogP contribution in [0.2, 0.25) is 0 Å². The molecule has 162 valence electrons. The van der Waals surface area contributed by atoms with Crippen molar-refractivity contribution in [1.29, 1.82) is 0 Å². The molecule has 0 aromatic rings. The van der Waals surface area contributed by atoms with E-state index in [-0.39, 0.29) is 5.41 Å². The van der Waals surface area contributed by atoms with Crippen LogP contribution >= 0.6 is 11.8 Å². The molecule has 0 radical (unpaired) electrons. The van der Waals surface area contributed by atoms with Crippen LogP contribution in [0.25, 0.3) is 0 Å². The van der Waals surface area contributed by atoms with Gasteiger partial charge in [0.2, 0.25) is 0 Å². The number of aliphatic hydroxyl groups excluding tert-OH is 2. The highest BCUT2D eigenvalue weighted by Gasteiger charge is 2.44. The van der Waals surface area contributed by atoms with Gasteiger partial charge in [-0.25, -0.2) is 0 Å². The zero-order valence-corrected chi connectivity index (χ0v) is 19.1. The van der Waals surface area contributed by atoms with Gasteiger partial charge in [0.15, 0.2) is 0 Å². The number of aliphatic hydroxyl groups is 3. The summed E-state index contributed by atoms with van der Waals surface area (Å²) in [6, 6.07) is 0. The lowest BCUT2D eigenvalue weighted by molar-refractivity contribution is 0.0777. The summed E-state index contributed by atoms with van der Waals surface area (Å²) >= 11 is 1.94. The fourth-order valence-electron chi connectivity index (χ4n) is 5.10. The normalized spacial score (nSPS) is 35.9. The molecule has 3 aliphatic rings. The first-order valence-electron chi connectivity index (χ1n) is 11.0. The maximum absolute atomic E-state index is 10.1. The van der Waals surface area contributed by atoms with E-state index in [0.717, 1.165) is 41.9 Å². The summed E-state index contributed by atoms with van der Waals surface area (Å²) < 4.78 is 0. The van der Waals surface area contributed by atoms with E-state index in [9.17, 15) is 15.3 Å². The minimum absolute atomic E-state index is 0.243. The van der Waals surface area contributed by atoms with E-state index in [4.69, 9.17) is 0 Å². The fourth-order valence-corrected chi connectivity index (χ4v) is 6.55. The molecule has 0 unspecified atom stereocenters. The molecular formula is C25H38O3S. The Morgan fingerprint density at radius 1 is 1.31 bits per heavy atom. The van der Waals surface area contributed by atoms with Crippen LogP contribution in [0.4, 0.5) is 0 Å². The molecule has 3 rings (SSSR count). The smallest absolute Gasteiger partial charge is 0.0811 e. The number of hydrogen-bond donors (Lipinski definition) is 3. The monoisotopic (exact) mass is 418 g/mol. The molecule has 29 heavy (non-hydrogen) atoms. The predicted molar refractivity (Wildman–Crippen MR) is 123 cm³/mol. The van der Waals surface area contributed by atoms with Crippen LogP contribution in [0.5, 0.6) is 0 Å². The Labute approximate surface area is 180 Å². The lowest BCUT2D eigenvalue weighted by atomic mass is 9.64. The van der Waals surface area contributed by atoms with Crippen molar-refractivity contribution in [1.82, 2.24) is 0 Å². The van der Waals surface area contributed by atoms with Crippen LogP contribution in [-0.4, -0.2) is 44.6 Å². The van der Waals surface area contributed by atoms with Gasteiger partial charge in [0.25, 0.3) is 0 Å². The predicted octanol–water partition coefficient (Wildman–Crippen LogP) is 4.94. The average Bonchev–Trinajstić information content (AvgIpc) is 2.96. The third kappa shape index (κ3) is 5.46. The van der Waals surface area contributed by atoms with Gasteiger partial charge in [-0.3, -0.25) is 0 Å². The second-order valence-electron chi connectivity index (χ2n) is 9.97. The number of fused-ring (bicyclic) bond motifs is 1. The summed E-state index contributed by atoms with van der Waals surface area (Å²) in [6.45, 7) is 10.2. The second kappa shape index (κ2) is 9.13. The summed E-state index contributed by atoms with van der Waals surface area (Å²) in [5, 5.41) is 30.0. The fraction of sp³-hybridized carbons (Fsp3) is 0.680. The third-order valence-corrected chi connectivity index (χ3v) is 8.10. The molecule has 3 nitrogen and oxygen atoms in total. The second-order valence-corrected chi connectivity index (χ2v) is 11.1. The molecule has 0 amide bonds. The molecule has 0 aliphatic heterocycles. The van der Waals surface area contributed by atoms with Crippen molar-refractivity contribution in [3.05, 3.63) is 47.1 Å². The standard InChI is InChI=1S/C25H38O3S/c1-17-19(14-21(26)15-23(17)27)8-7-18-6-5-11-25(4)20(9-10-22(18)25)16-29-13-12-24(2,3)28/h7-9,21-23,26-28H,1,5-6,10-16H2,2-4H3/b18-7+,19-8-/t21-,22+,23+,25-/m1/s1. The zero-order valence-electron chi connectivity index (χ0n) is 18.3. The highest BCUT2D eigenvalue weighted by molar-refractivity contribution is 7.99. The van der Waals surface area contributed by atoms with Gasteiger partial charge in [-0.2, -0.15) is 11.8 Å². The number of hydrogen-bond acceptors (Lipinski definition) is 4. The van der Waals surface area contributed by atoms with Crippen molar-refractivity contribution in [2.24, 2.45) is 11.3 Å². The van der Waals surface area contributed by atoms with Crippen molar-refractivity contribution in [3.63, 3.8) is 0 Å². The molecule has 2 fully saturated rings. The molecule has 0 saturated heterocycles. The molecule has 3 N–H and O–H groups in total. The summed E-state index contributed by atoms with van der Waals surface area (Å²) in [6.07, 6.45) is 12.2. The number of thioether (sulfide) groups is 1. The lowest BCUT2D eigenvalue weighted by Crippen LogP contribution is -2.31. The van der Waals surface area contributed by atoms with E-state index >= 15 is 0 Å². The summed E-state index contributed by atoms with van der Waals surface area (Å²) in [7, 11) is 0. The van der Waals surface area contributed by atoms with Crippen LogP contribution in [-0.2, 0) is 0 Å². The number of allylic oxidation sites excluding steroid dienone is 4. The highest BCUT2D eigenvalue weighted by Crippen LogP contribution is 2.55. The lowest BCUT2D eigenvalue weighted by Gasteiger charge is -2.41. The average molecular weight is 419 g/mol. The first-order chi connectivity index (χ1) is 13.6. The van der Waals surface area contributed by atoms with Gasteiger partial charge >= 0.3 is 0 Å². The summed E-state index contributed by atoms with van der Waals surface area (Å²) in [5.41, 5.74) is 4.49. The summed E-state index contributed by atoms with van der Waals surface area (Å²) in [5.74, 6) is 2.61. The topological polar surface area (TPSA) is 60.7 Å². The van der Waals surface area contributed by atoms with Crippen molar-refractivity contribution in [2.45, 2.75) is 83.5 Å². The van der Waals surface area contributed by atoms with Gasteiger partial charge in [0.1, 0.15) is 0 Å². The van der Waals surface area contributed by atoms with Gasteiger partial charge in [0.05, 0.1) is 17.8 Å². The number of rotatable bonds is 6. The molecule has 4 heteroatoms. The molecule has 0 bridgehead atoms. The van der Waals surface area contributed by atoms with Gasteiger partial charge < -0.3 is 15.3 Å². The van der Waals surface area contributed by atoms with E-state index in [1.165, 1.54) is 18.4 Å². The van der Waals surface area contributed by atoms with E-state index in [1.807, 2.05) is 25.6 Å². The van der Waals surface area contributed by atoms with Crippen LogP contribution in [0.15, 0.2) is 47.1 Å². The minimum atomic E-state index is -0.624. The molecule has 0 aromatic heterocycles. The van der Waals surface area contributed by atoms with Gasteiger partial charge in [-0.15, -0.1) is 0 Å². The Balaban J connectivity index is 1.66.